The van der Waals surface area contributed by atoms with Gasteiger partial charge in [0.2, 0.25) is 0 Å². The number of rotatable bonds is 2. The van der Waals surface area contributed by atoms with Crippen molar-refractivity contribution in [1.29, 1.82) is 0 Å². The van der Waals surface area contributed by atoms with Crippen molar-refractivity contribution < 1.29 is 9.18 Å². The number of halogens is 2. The third-order valence-electron chi connectivity index (χ3n) is 2.31. The van der Waals surface area contributed by atoms with Gasteiger partial charge in [0, 0.05) is 18.1 Å². The summed E-state index contributed by atoms with van der Waals surface area (Å²) in [6, 6.07) is 6.14. The first-order chi connectivity index (χ1) is 8.56. The topological polar surface area (TPSA) is 42.0 Å². The molecule has 0 aliphatic heterocycles. The molecule has 2 rings (SSSR count). The summed E-state index contributed by atoms with van der Waals surface area (Å²) in [5.74, 6) is -0.733. The molecular formula is C13H10BrFN2O. The second kappa shape index (κ2) is 5.27. The minimum Gasteiger partial charge on any atom is -0.322 e. The van der Waals surface area contributed by atoms with E-state index in [1.54, 1.807) is 24.4 Å². The zero-order valence-electron chi connectivity index (χ0n) is 9.58. The maximum atomic E-state index is 13.3. The summed E-state index contributed by atoms with van der Waals surface area (Å²) in [6.07, 6.45) is 3.13. The van der Waals surface area contributed by atoms with Crippen LogP contribution in [0.4, 0.5) is 10.1 Å². The third kappa shape index (κ3) is 2.92. The van der Waals surface area contributed by atoms with Crippen LogP contribution in [0, 0.1) is 12.7 Å². The maximum Gasteiger partial charge on any atom is 0.257 e. The summed E-state index contributed by atoms with van der Waals surface area (Å²) < 4.78 is 13.6. The van der Waals surface area contributed by atoms with E-state index in [-0.39, 0.29) is 5.91 Å². The van der Waals surface area contributed by atoms with Crippen LogP contribution in [0.2, 0.25) is 0 Å². The van der Waals surface area contributed by atoms with Gasteiger partial charge in [0.1, 0.15) is 5.82 Å². The molecule has 0 bridgehead atoms. The molecule has 2 aromatic rings. The largest absolute Gasteiger partial charge is 0.322 e. The molecule has 92 valence electrons. The number of hydrogen-bond donors (Lipinski definition) is 1. The molecule has 0 unspecified atom stereocenters. The molecular weight excluding hydrogens is 299 g/mol. The number of amides is 1. The average molecular weight is 309 g/mol. The number of anilines is 1. The van der Waals surface area contributed by atoms with Crippen molar-refractivity contribution in [1.82, 2.24) is 4.98 Å². The summed E-state index contributed by atoms with van der Waals surface area (Å²) >= 11 is 3.05. The van der Waals surface area contributed by atoms with Crippen LogP contribution in [0.5, 0.6) is 0 Å². The molecule has 0 aliphatic carbocycles. The number of nitrogens with one attached hydrogen (secondary N) is 1. The van der Waals surface area contributed by atoms with Gasteiger partial charge < -0.3 is 5.32 Å². The van der Waals surface area contributed by atoms with Crippen LogP contribution in [0.1, 0.15) is 15.9 Å². The van der Waals surface area contributed by atoms with Gasteiger partial charge in [-0.3, -0.25) is 9.78 Å². The van der Waals surface area contributed by atoms with Crippen LogP contribution in [-0.4, -0.2) is 10.9 Å². The molecule has 5 heteroatoms. The van der Waals surface area contributed by atoms with Crippen LogP contribution >= 0.6 is 15.9 Å². The quantitative estimate of drug-likeness (QED) is 0.922. The van der Waals surface area contributed by atoms with E-state index < -0.39 is 5.82 Å². The Hall–Kier alpha value is -1.75. The van der Waals surface area contributed by atoms with Gasteiger partial charge in [-0.2, -0.15) is 0 Å². The molecule has 1 amide bonds. The van der Waals surface area contributed by atoms with E-state index in [1.807, 2.05) is 6.92 Å². The summed E-state index contributed by atoms with van der Waals surface area (Å²) in [7, 11) is 0. The first kappa shape index (κ1) is 12.7. The molecule has 0 saturated carbocycles. The Morgan fingerprint density at radius 3 is 2.78 bits per heavy atom. The lowest BCUT2D eigenvalue weighted by atomic mass is 10.2. The second-order valence-electron chi connectivity index (χ2n) is 3.83. The molecule has 0 spiro atoms. The first-order valence-electron chi connectivity index (χ1n) is 5.24. The predicted molar refractivity (Wildman–Crippen MR) is 71.0 cm³/mol. The molecule has 0 saturated heterocycles. The third-order valence-corrected chi connectivity index (χ3v) is 2.96. The number of aryl methyl sites for hydroxylation is 1. The predicted octanol–water partition coefficient (Wildman–Crippen LogP) is 3.54. The highest BCUT2D eigenvalue weighted by atomic mass is 79.9. The number of carbonyl (C=O) groups excluding carboxylic acids is 1. The van der Waals surface area contributed by atoms with Gasteiger partial charge in [0.15, 0.2) is 0 Å². The first-order valence-corrected chi connectivity index (χ1v) is 6.03. The van der Waals surface area contributed by atoms with Crippen LogP contribution in [0.3, 0.4) is 0 Å². The van der Waals surface area contributed by atoms with Crippen molar-refractivity contribution in [2.24, 2.45) is 0 Å². The summed E-state index contributed by atoms with van der Waals surface area (Å²) in [6.45, 7) is 1.85. The second-order valence-corrected chi connectivity index (χ2v) is 4.69. The zero-order valence-corrected chi connectivity index (χ0v) is 11.2. The summed E-state index contributed by atoms with van der Waals surface area (Å²) in [5.41, 5.74) is 1.74. The van der Waals surface area contributed by atoms with Gasteiger partial charge in [0.25, 0.3) is 5.91 Å². The summed E-state index contributed by atoms with van der Waals surface area (Å²) in [4.78, 5) is 15.8. The lowest BCUT2D eigenvalue weighted by molar-refractivity contribution is 0.102. The van der Waals surface area contributed by atoms with Crippen molar-refractivity contribution in [3.63, 3.8) is 0 Å². The number of benzene rings is 1. The molecule has 0 aliphatic rings. The lowest BCUT2D eigenvalue weighted by Crippen LogP contribution is -2.12. The Morgan fingerprint density at radius 1 is 1.33 bits per heavy atom. The van der Waals surface area contributed by atoms with E-state index in [0.717, 1.165) is 5.56 Å². The van der Waals surface area contributed by atoms with Gasteiger partial charge in [0.05, 0.1) is 10.0 Å². The maximum absolute atomic E-state index is 13.3. The Labute approximate surface area is 112 Å². The Morgan fingerprint density at radius 2 is 2.11 bits per heavy atom. The van der Waals surface area contributed by atoms with Crippen molar-refractivity contribution in [3.05, 3.63) is 58.1 Å². The number of hydrogen-bond acceptors (Lipinski definition) is 2. The van der Waals surface area contributed by atoms with Crippen LogP contribution in [0.25, 0.3) is 0 Å². The smallest absolute Gasteiger partial charge is 0.257 e. The molecule has 0 radical (unpaired) electrons. The normalized spacial score (nSPS) is 10.2. The molecule has 1 aromatic heterocycles. The standard InChI is InChI=1S/C13H10BrFN2O/c1-8-4-9(7-16-6-8)13(18)17-10-2-3-11(14)12(15)5-10/h2-7H,1H3,(H,17,18). The highest BCUT2D eigenvalue weighted by molar-refractivity contribution is 9.10. The molecule has 18 heavy (non-hydrogen) atoms. The fraction of sp³-hybridized carbons (Fsp3) is 0.0769. The highest BCUT2D eigenvalue weighted by Crippen LogP contribution is 2.19. The fourth-order valence-corrected chi connectivity index (χ4v) is 1.70. The minimum atomic E-state index is -0.421. The van der Waals surface area contributed by atoms with Crippen molar-refractivity contribution in [2.75, 3.05) is 5.32 Å². The van der Waals surface area contributed by atoms with E-state index in [1.165, 1.54) is 12.3 Å². The van der Waals surface area contributed by atoms with E-state index in [9.17, 15) is 9.18 Å². The molecule has 0 atom stereocenters. The molecule has 1 heterocycles. The number of pyridine rings is 1. The van der Waals surface area contributed by atoms with Crippen molar-refractivity contribution >= 4 is 27.5 Å². The van der Waals surface area contributed by atoms with Gasteiger partial charge in [-0.1, -0.05) is 0 Å². The Bertz CT molecular complexity index is 601. The molecule has 3 nitrogen and oxygen atoms in total. The van der Waals surface area contributed by atoms with Crippen LogP contribution < -0.4 is 5.32 Å². The Kier molecular flexibility index (Phi) is 3.72. The van der Waals surface area contributed by atoms with Gasteiger partial charge in [-0.05, 0) is 52.7 Å². The lowest BCUT2D eigenvalue weighted by Gasteiger charge is -2.06. The van der Waals surface area contributed by atoms with E-state index in [2.05, 4.69) is 26.2 Å². The molecule has 1 aromatic carbocycles. The fourth-order valence-electron chi connectivity index (χ4n) is 1.46. The SMILES string of the molecule is Cc1cncc(C(=O)Nc2ccc(Br)c(F)c2)c1. The number of nitrogens with zero attached hydrogens (tertiary/aromatic N) is 1. The minimum absolute atomic E-state index is 0.312. The van der Waals surface area contributed by atoms with Crippen LogP contribution in [-0.2, 0) is 0 Å². The van der Waals surface area contributed by atoms with Gasteiger partial charge in [-0.25, -0.2) is 4.39 Å². The van der Waals surface area contributed by atoms with Crippen molar-refractivity contribution in [3.8, 4) is 0 Å². The van der Waals surface area contributed by atoms with Crippen LogP contribution in [0.15, 0.2) is 41.1 Å². The molecule has 0 fully saturated rings. The summed E-state index contributed by atoms with van der Waals surface area (Å²) in [5, 5.41) is 2.61. The number of aromatic nitrogens is 1. The van der Waals surface area contributed by atoms with Crippen molar-refractivity contribution in [2.45, 2.75) is 6.92 Å². The van der Waals surface area contributed by atoms with E-state index in [4.69, 9.17) is 0 Å². The average Bonchev–Trinajstić information content (AvgIpc) is 2.34. The molecule has 1 N–H and O–H groups in total. The van der Waals surface area contributed by atoms with Gasteiger partial charge in [-0.15, -0.1) is 0 Å². The zero-order chi connectivity index (χ0) is 13.1. The highest BCUT2D eigenvalue weighted by Gasteiger charge is 2.08. The van der Waals surface area contributed by atoms with Gasteiger partial charge >= 0.3 is 0 Å². The van der Waals surface area contributed by atoms with E-state index in [0.29, 0.717) is 15.7 Å². The number of carbonyl (C=O) groups is 1. The van der Waals surface area contributed by atoms with E-state index >= 15 is 0 Å². The Balaban J connectivity index is 2.18. The monoisotopic (exact) mass is 308 g/mol.